The number of carbonyl (C=O) groups is 1. The number of benzene rings is 3. The maximum Gasteiger partial charge on any atom is 0.254 e. The number of aromatic nitrogens is 2. The van der Waals surface area contributed by atoms with E-state index in [-0.39, 0.29) is 5.91 Å². The van der Waals surface area contributed by atoms with Crippen molar-refractivity contribution >= 4 is 55.1 Å². The minimum absolute atomic E-state index is 0.0442. The molecule has 3 heterocycles. The summed E-state index contributed by atoms with van der Waals surface area (Å²) in [5.41, 5.74) is 4.19. The Labute approximate surface area is 206 Å². The lowest BCUT2D eigenvalue weighted by molar-refractivity contribution is 0.0748. The van der Waals surface area contributed by atoms with Crippen molar-refractivity contribution in [2.24, 2.45) is 0 Å². The Morgan fingerprint density at radius 2 is 1.62 bits per heavy atom. The first-order valence-electron chi connectivity index (χ1n) is 11.2. The Hall–Kier alpha value is -3.48. The van der Waals surface area contributed by atoms with Crippen LogP contribution in [-0.2, 0) is 0 Å². The molecule has 1 aliphatic heterocycles. The first kappa shape index (κ1) is 21.1. The van der Waals surface area contributed by atoms with E-state index in [2.05, 4.69) is 4.90 Å². The van der Waals surface area contributed by atoms with Crippen LogP contribution >= 0.6 is 22.9 Å². The van der Waals surface area contributed by atoms with Gasteiger partial charge in [-0.25, -0.2) is 9.97 Å². The second-order valence-electron chi connectivity index (χ2n) is 8.30. The van der Waals surface area contributed by atoms with Crippen molar-refractivity contribution in [3.63, 3.8) is 0 Å². The van der Waals surface area contributed by atoms with Crippen LogP contribution in [0.4, 0.5) is 5.13 Å². The van der Waals surface area contributed by atoms with Crippen LogP contribution in [-0.4, -0.2) is 47.0 Å². The second kappa shape index (κ2) is 8.70. The van der Waals surface area contributed by atoms with Crippen molar-refractivity contribution in [1.29, 1.82) is 0 Å². The van der Waals surface area contributed by atoms with Gasteiger partial charge in [0.05, 0.1) is 26.5 Å². The van der Waals surface area contributed by atoms with E-state index >= 15 is 0 Å². The zero-order chi connectivity index (χ0) is 23.1. The van der Waals surface area contributed by atoms with Crippen LogP contribution in [0.3, 0.4) is 0 Å². The van der Waals surface area contributed by atoms with Crippen molar-refractivity contribution in [3.8, 4) is 11.3 Å². The Bertz CT molecular complexity index is 1510. The number of para-hydroxylation sites is 2. The first-order chi connectivity index (χ1) is 16.7. The zero-order valence-electron chi connectivity index (χ0n) is 18.3. The van der Waals surface area contributed by atoms with Crippen LogP contribution in [0, 0.1) is 0 Å². The fraction of sp³-hybridized carbons (Fsp3) is 0.148. The van der Waals surface area contributed by atoms with E-state index < -0.39 is 0 Å². The molecule has 0 saturated carbocycles. The summed E-state index contributed by atoms with van der Waals surface area (Å²) in [4.78, 5) is 27.4. The van der Waals surface area contributed by atoms with Gasteiger partial charge in [0.15, 0.2) is 5.13 Å². The van der Waals surface area contributed by atoms with Crippen molar-refractivity contribution < 1.29 is 4.79 Å². The van der Waals surface area contributed by atoms with Gasteiger partial charge < -0.3 is 9.80 Å². The minimum Gasteiger partial charge on any atom is -0.345 e. The molecular weight excluding hydrogens is 464 g/mol. The number of rotatable bonds is 3. The van der Waals surface area contributed by atoms with Gasteiger partial charge in [-0.15, -0.1) is 0 Å². The highest BCUT2D eigenvalue weighted by Gasteiger charge is 2.26. The maximum atomic E-state index is 13.7. The summed E-state index contributed by atoms with van der Waals surface area (Å²) >= 11 is 7.96. The molecule has 0 aliphatic carbocycles. The Morgan fingerprint density at radius 3 is 2.41 bits per heavy atom. The Balaban J connectivity index is 1.27. The molecule has 5 aromatic rings. The van der Waals surface area contributed by atoms with Gasteiger partial charge in [-0.2, -0.15) is 0 Å². The van der Waals surface area contributed by atoms with Crippen LogP contribution in [0.15, 0.2) is 78.9 Å². The summed E-state index contributed by atoms with van der Waals surface area (Å²) in [5.74, 6) is 0.0442. The monoisotopic (exact) mass is 484 g/mol. The molecule has 1 fully saturated rings. The molecule has 168 valence electrons. The van der Waals surface area contributed by atoms with Gasteiger partial charge in [0, 0.05) is 37.1 Å². The van der Waals surface area contributed by atoms with Gasteiger partial charge in [0.25, 0.3) is 5.91 Å². The third-order valence-electron chi connectivity index (χ3n) is 6.21. The quantitative estimate of drug-likeness (QED) is 0.309. The molecule has 7 heteroatoms. The number of nitrogens with zero attached hydrogens (tertiary/aromatic N) is 4. The highest BCUT2D eigenvalue weighted by atomic mass is 35.5. The number of thiazole rings is 1. The molecule has 0 bridgehead atoms. The molecule has 34 heavy (non-hydrogen) atoms. The number of halogens is 1. The lowest BCUT2D eigenvalue weighted by atomic mass is 10.0. The number of piperazine rings is 1. The summed E-state index contributed by atoms with van der Waals surface area (Å²) in [6.45, 7) is 2.75. The lowest BCUT2D eigenvalue weighted by Crippen LogP contribution is -2.48. The van der Waals surface area contributed by atoms with E-state index in [1.54, 1.807) is 11.3 Å². The third-order valence-corrected chi connectivity index (χ3v) is 7.60. The molecule has 0 N–H and O–H groups in total. The molecule has 0 unspecified atom stereocenters. The summed E-state index contributed by atoms with van der Waals surface area (Å²) in [5, 5.41) is 2.51. The topological polar surface area (TPSA) is 49.3 Å². The number of hydrogen-bond donors (Lipinski definition) is 0. The average Bonchev–Trinajstić information content (AvgIpc) is 3.34. The van der Waals surface area contributed by atoms with E-state index in [1.165, 1.54) is 0 Å². The van der Waals surface area contributed by atoms with E-state index in [0.717, 1.165) is 50.6 Å². The van der Waals surface area contributed by atoms with Crippen molar-refractivity contribution in [3.05, 3.63) is 89.4 Å². The van der Waals surface area contributed by atoms with Crippen molar-refractivity contribution in [2.45, 2.75) is 0 Å². The predicted octanol–water partition coefficient (Wildman–Crippen LogP) is 6.13. The van der Waals surface area contributed by atoms with E-state index in [4.69, 9.17) is 21.6 Å². The number of carbonyl (C=O) groups excluding carboxylic acids is 1. The van der Waals surface area contributed by atoms with E-state index in [1.807, 2.05) is 83.8 Å². The van der Waals surface area contributed by atoms with Crippen LogP contribution < -0.4 is 4.90 Å². The molecular formula is C27H21ClN4OS. The van der Waals surface area contributed by atoms with Gasteiger partial charge >= 0.3 is 0 Å². The van der Waals surface area contributed by atoms with Crippen molar-refractivity contribution in [2.75, 3.05) is 31.1 Å². The van der Waals surface area contributed by atoms with Gasteiger partial charge in [-0.1, -0.05) is 77.5 Å². The predicted molar refractivity (Wildman–Crippen MR) is 140 cm³/mol. The highest BCUT2D eigenvalue weighted by Crippen LogP contribution is 2.33. The molecule has 0 radical (unpaired) electrons. The Kier molecular flexibility index (Phi) is 5.40. The molecule has 1 amide bonds. The molecule has 1 aliphatic rings. The van der Waals surface area contributed by atoms with Gasteiger partial charge in [0.1, 0.15) is 5.52 Å². The lowest BCUT2D eigenvalue weighted by Gasteiger charge is -2.34. The summed E-state index contributed by atoms with van der Waals surface area (Å²) < 4.78 is 1.08. The Morgan fingerprint density at radius 1 is 0.853 bits per heavy atom. The minimum atomic E-state index is 0.0442. The number of amides is 1. The maximum absolute atomic E-state index is 13.7. The van der Waals surface area contributed by atoms with E-state index in [0.29, 0.717) is 23.7 Å². The SMILES string of the molecule is O=C(c1cc(-c2ccccc2)nc2ccccc12)N1CCN(c2nc3c(Cl)cccc3s2)CC1. The summed E-state index contributed by atoms with van der Waals surface area (Å²) in [6, 6.07) is 25.7. The summed E-state index contributed by atoms with van der Waals surface area (Å²) in [7, 11) is 0. The van der Waals surface area contributed by atoms with Crippen LogP contribution in [0.2, 0.25) is 5.02 Å². The number of fused-ring (bicyclic) bond motifs is 2. The fourth-order valence-electron chi connectivity index (χ4n) is 4.42. The highest BCUT2D eigenvalue weighted by molar-refractivity contribution is 7.22. The van der Waals surface area contributed by atoms with Gasteiger partial charge in [-0.05, 0) is 24.3 Å². The molecule has 0 spiro atoms. The molecule has 6 rings (SSSR count). The number of hydrogen-bond acceptors (Lipinski definition) is 5. The number of anilines is 1. The average molecular weight is 485 g/mol. The van der Waals surface area contributed by atoms with Crippen molar-refractivity contribution in [1.82, 2.24) is 14.9 Å². The molecule has 1 saturated heterocycles. The number of pyridine rings is 1. The molecule has 3 aromatic carbocycles. The third kappa shape index (κ3) is 3.79. The van der Waals surface area contributed by atoms with Crippen LogP contribution in [0.1, 0.15) is 10.4 Å². The largest absolute Gasteiger partial charge is 0.345 e. The van der Waals surface area contributed by atoms with Gasteiger partial charge in [0.2, 0.25) is 0 Å². The zero-order valence-corrected chi connectivity index (χ0v) is 19.9. The molecule has 5 nitrogen and oxygen atoms in total. The second-order valence-corrected chi connectivity index (χ2v) is 9.72. The normalized spacial score (nSPS) is 14.1. The van der Waals surface area contributed by atoms with Crippen LogP contribution in [0.5, 0.6) is 0 Å². The standard InChI is InChI=1S/C27H21ClN4OS/c28-21-10-6-12-24-25(21)30-27(34-24)32-15-13-31(14-16-32)26(33)20-17-23(18-7-2-1-3-8-18)29-22-11-5-4-9-19(20)22/h1-12,17H,13-16H2. The smallest absolute Gasteiger partial charge is 0.254 e. The van der Waals surface area contributed by atoms with Crippen LogP contribution in [0.25, 0.3) is 32.4 Å². The van der Waals surface area contributed by atoms with Gasteiger partial charge in [-0.3, -0.25) is 4.79 Å². The first-order valence-corrected chi connectivity index (χ1v) is 12.4. The summed E-state index contributed by atoms with van der Waals surface area (Å²) in [6.07, 6.45) is 0. The van der Waals surface area contributed by atoms with E-state index in [9.17, 15) is 4.79 Å². The fourth-order valence-corrected chi connectivity index (χ4v) is 5.74. The molecule has 2 aromatic heterocycles. The molecule has 0 atom stereocenters.